The highest BCUT2D eigenvalue weighted by Crippen LogP contribution is 2.18. The van der Waals surface area contributed by atoms with Crippen molar-refractivity contribution >= 4 is 5.91 Å². The fraction of sp³-hybridized carbons (Fsp3) is 0.833. The molecule has 94 valence electrons. The Kier molecular flexibility index (Phi) is 3.97. The van der Waals surface area contributed by atoms with Crippen LogP contribution in [0.1, 0.15) is 19.8 Å². The number of hydrogen-bond donors (Lipinski definition) is 1. The standard InChI is InChI=1S/C12H20N4O/c1-10(8-13)16-6-4-15(5-7-16)9-12(17)14-11-2-3-11/h10-11H,2-7,9H2,1H3,(H,14,17). The maximum absolute atomic E-state index is 11.6. The largest absolute Gasteiger partial charge is 0.352 e. The van der Waals surface area contributed by atoms with Gasteiger partial charge in [-0.2, -0.15) is 5.26 Å². The number of carbonyl (C=O) groups is 1. The Hall–Kier alpha value is -1.12. The highest BCUT2D eigenvalue weighted by Gasteiger charge is 2.26. The molecule has 1 amide bonds. The Bertz CT molecular complexity index is 313. The lowest BCUT2D eigenvalue weighted by atomic mass is 10.2. The fourth-order valence-electron chi connectivity index (χ4n) is 2.09. The van der Waals surface area contributed by atoms with Crippen molar-refractivity contribution in [3.8, 4) is 6.07 Å². The lowest BCUT2D eigenvalue weighted by Gasteiger charge is -2.35. The Morgan fingerprint density at radius 1 is 1.41 bits per heavy atom. The molecule has 1 atom stereocenters. The maximum atomic E-state index is 11.6. The Morgan fingerprint density at radius 3 is 2.59 bits per heavy atom. The number of nitriles is 1. The molecular weight excluding hydrogens is 216 g/mol. The summed E-state index contributed by atoms with van der Waals surface area (Å²) in [6.07, 6.45) is 2.28. The quantitative estimate of drug-likeness (QED) is 0.734. The van der Waals surface area contributed by atoms with Gasteiger partial charge in [0.1, 0.15) is 0 Å². The average molecular weight is 236 g/mol. The fourth-order valence-corrected chi connectivity index (χ4v) is 2.09. The minimum absolute atomic E-state index is 0.0163. The topological polar surface area (TPSA) is 59.4 Å². The number of amides is 1. The van der Waals surface area contributed by atoms with Crippen LogP contribution < -0.4 is 5.32 Å². The molecule has 2 aliphatic rings. The third-order valence-corrected chi connectivity index (χ3v) is 3.45. The number of rotatable bonds is 4. The van der Waals surface area contributed by atoms with E-state index in [4.69, 9.17) is 5.26 Å². The maximum Gasteiger partial charge on any atom is 0.234 e. The van der Waals surface area contributed by atoms with E-state index >= 15 is 0 Å². The number of carbonyl (C=O) groups excluding carboxylic acids is 1. The van der Waals surface area contributed by atoms with Crippen LogP contribution in [0.5, 0.6) is 0 Å². The molecule has 0 aromatic heterocycles. The van der Waals surface area contributed by atoms with Gasteiger partial charge < -0.3 is 5.32 Å². The summed E-state index contributed by atoms with van der Waals surface area (Å²) in [5.41, 5.74) is 0. The number of hydrogen-bond acceptors (Lipinski definition) is 4. The summed E-state index contributed by atoms with van der Waals surface area (Å²) in [4.78, 5) is 15.9. The summed E-state index contributed by atoms with van der Waals surface area (Å²) in [5, 5.41) is 11.8. The molecule has 1 aliphatic heterocycles. The first-order chi connectivity index (χ1) is 8.19. The molecule has 0 aromatic rings. The zero-order chi connectivity index (χ0) is 12.3. The van der Waals surface area contributed by atoms with Crippen LogP contribution in [-0.4, -0.2) is 60.5 Å². The molecule has 1 aliphatic carbocycles. The number of piperazine rings is 1. The molecule has 17 heavy (non-hydrogen) atoms. The molecule has 5 nitrogen and oxygen atoms in total. The Morgan fingerprint density at radius 2 is 2.06 bits per heavy atom. The van der Waals surface area contributed by atoms with Crippen molar-refractivity contribution in [1.82, 2.24) is 15.1 Å². The van der Waals surface area contributed by atoms with Gasteiger partial charge in [-0.25, -0.2) is 0 Å². The highest BCUT2D eigenvalue weighted by molar-refractivity contribution is 5.78. The molecule has 2 rings (SSSR count). The second-order valence-corrected chi connectivity index (χ2v) is 4.96. The molecule has 0 spiro atoms. The lowest BCUT2D eigenvalue weighted by molar-refractivity contribution is -0.122. The van der Waals surface area contributed by atoms with E-state index in [9.17, 15) is 4.79 Å². The van der Waals surface area contributed by atoms with Gasteiger partial charge in [-0.1, -0.05) is 0 Å². The van der Waals surface area contributed by atoms with E-state index < -0.39 is 0 Å². The van der Waals surface area contributed by atoms with E-state index in [1.807, 2.05) is 6.92 Å². The molecule has 1 saturated heterocycles. The van der Waals surface area contributed by atoms with Crippen molar-refractivity contribution in [3.05, 3.63) is 0 Å². The molecule has 1 saturated carbocycles. The third-order valence-electron chi connectivity index (χ3n) is 3.45. The van der Waals surface area contributed by atoms with Gasteiger partial charge in [-0.15, -0.1) is 0 Å². The Balaban J connectivity index is 1.68. The van der Waals surface area contributed by atoms with Crippen molar-refractivity contribution in [2.24, 2.45) is 0 Å². The molecular formula is C12H20N4O. The van der Waals surface area contributed by atoms with Gasteiger partial charge >= 0.3 is 0 Å². The molecule has 1 N–H and O–H groups in total. The predicted octanol–water partition coefficient (Wildman–Crippen LogP) is -0.205. The normalized spacial score (nSPS) is 24.0. The molecule has 1 heterocycles. The summed E-state index contributed by atoms with van der Waals surface area (Å²) in [6.45, 7) is 5.95. The van der Waals surface area contributed by atoms with Crippen LogP contribution in [0, 0.1) is 11.3 Å². The van der Waals surface area contributed by atoms with Crippen molar-refractivity contribution in [2.45, 2.75) is 31.8 Å². The van der Waals surface area contributed by atoms with Gasteiger partial charge in [0.25, 0.3) is 0 Å². The summed E-state index contributed by atoms with van der Waals surface area (Å²) in [5.74, 6) is 0.147. The van der Waals surface area contributed by atoms with Crippen molar-refractivity contribution < 1.29 is 4.79 Å². The number of nitrogens with zero attached hydrogens (tertiary/aromatic N) is 3. The second kappa shape index (κ2) is 5.48. The SMILES string of the molecule is CC(C#N)N1CCN(CC(=O)NC2CC2)CC1. The zero-order valence-corrected chi connectivity index (χ0v) is 10.4. The van der Waals surface area contributed by atoms with E-state index in [0.29, 0.717) is 12.6 Å². The Labute approximate surface area is 102 Å². The lowest BCUT2D eigenvalue weighted by Crippen LogP contribution is -2.51. The summed E-state index contributed by atoms with van der Waals surface area (Å²) >= 11 is 0. The molecule has 2 fully saturated rings. The molecule has 5 heteroatoms. The van der Waals surface area contributed by atoms with Gasteiger partial charge in [-0.05, 0) is 19.8 Å². The second-order valence-electron chi connectivity index (χ2n) is 4.96. The smallest absolute Gasteiger partial charge is 0.234 e. The first-order valence-electron chi connectivity index (χ1n) is 6.34. The van der Waals surface area contributed by atoms with Crippen LogP contribution in [0.2, 0.25) is 0 Å². The van der Waals surface area contributed by atoms with Crippen molar-refractivity contribution in [2.75, 3.05) is 32.7 Å². The van der Waals surface area contributed by atoms with Crippen molar-refractivity contribution in [3.63, 3.8) is 0 Å². The first kappa shape index (κ1) is 12.3. The van der Waals surface area contributed by atoms with Crippen LogP contribution in [0.25, 0.3) is 0 Å². The monoisotopic (exact) mass is 236 g/mol. The van der Waals surface area contributed by atoms with Crippen LogP contribution in [0.15, 0.2) is 0 Å². The summed E-state index contributed by atoms with van der Waals surface area (Å²) in [7, 11) is 0. The average Bonchev–Trinajstić information content (AvgIpc) is 3.12. The molecule has 1 unspecified atom stereocenters. The zero-order valence-electron chi connectivity index (χ0n) is 10.4. The predicted molar refractivity (Wildman–Crippen MR) is 64.3 cm³/mol. The van der Waals surface area contributed by atoms with E-state index in [1.165, 1.54) is 0 Å². The van der Waals surface area contributed by atoms with Gasteiger partial charge in [0.05, 0.1) is 18.7 Å². The van der Waals surface area contributed by atoms with E-state index in [1.54, 1.807) is 0 Å². The minimum atomic E-state index is -0.0163. The van der Waals surface area contributed by atoms with Crippen molar-refractivity contribution in [1.29, 1.82) is 5.26 Å². The van der Waals surface area contributed by atoms with Crippen LogP contribution in [0.3, 0.4) is 0 Å². The summed E-state index contributed by atoms with van der Waals surface area (Å²) in [6, 6.07) is 2.68. The van der Waals surface area contributed by atoms with Gasteiger partial charge in [0.15, 0.2) is 0 Å². The van der Waals surface area contributed by atoms with Gasteiger partial charge in [0.2, 0.25) is 5.91 Å². The molecule has 0 aromatic carbocycles. The van der Waals surface area contributed by atoms with Gasteiger partial charge in [0, 0.05) is 32.2 Å². The van der Waals surface area contributed by atoms with E-state index in [0.717, 1.165) is 39.0 Å². The minimum Gasteiger partial charge on any atom is -0.352 e. The molecule has 0 radical (unpaired) electrons. The summed E-state index contributed by atoms with van der Waals surface area (Å²) < 4.78 is 0. The third kappa shape index (κ3) is 3.69. The number of nitrogens with one attached hydrogen (secondary N) is 1. The first-order valence-corrected chi connectivity index (χ1v) is 6.34. The van der Waals surface area contributed by atoms with Crippen LogP contribution >= 0.6 is 0 Å². The van der Waals surface area contributed by atoms with Crippen LogP contribution in [0.4, 0.5) is 0 Å². The van der Waals surface area contributed by atoms with Gasteiger partial charge in [-0.3, -0.25) is 14.6 Å². The molecule has 0 bridgehead atoms. The van der Waals surface area contributed by atoms with E-state index in [2.05, 4.69) is 21.2 Å². The van der Waals surface area contributed by atoms with Crippen LogP contribution in [-0.2, 0) is 4.79 Å². The highest BCUT2D eigenvalue weighted by atomic mass is 16.2. The van der Waals surface area contributed by atoms with E-state index in [-0.39, 0.29) is 11.9 Å².